The van der Waals surface area contributed by atoms with E-state index in [1.54, 1.807) is 18.4 Å². The van der Waals surface area contributed by atoms with E-state index in [1.165, 1.54) is 10.1 Å². The first kappa shape index (κ1) is 11.1. The maximum atomic E-state index is 5.15. The van der Waals surface area contributed by atoms with Crippen molar-refractivity contribution in [1.82, 2.24) is 0 Å². The third-order valence-electron chi connectivity index (χ3n) is 2.85. The lowest BCUT2D eigenvalue weighted by Crippen LogP contribution is -1.89. The molecule has 0 aliphatic rings. The topological polar surface area (TPSA) is 21.3 Å². The number of rotatable bonds is 3. The zero-order valence-corrected chi connectivity index (χ0v) is 10.8. The summed E-state index contributed by atoms with van der Waals surface area (Å²) in [6.07, 6.45) is 0. The van der Waals surface area contributed by atoms with Gasteiger partial charge in [0.1, 0.15) is 5.75 Å². The van der Waals surface area contributed by atoms with Gasteiger partial charge in [0, 0.05) is 21.2 Å². The number of thiophene rings is 1. The number of benzene rings is 2. The second-order valence-electron chi connectivity index (χ2n) is 4.00. The molecule has 3 aromatic rings. The van der Waals surface area contributed by atoms with E-state index in [1.807, 2.05) is 24.3 Å². The van der Waals surface area contributed by atoms with Crippen molar-refractivity contribution < 1.29 is 4.74 Å². The largest absolute Gasteiger partial charge is 0.497 e. The van der Waals surface area contributed by atoms with Crippen molar-refractivity contribution in [3.05, 3.63) is 53.9 Å². The highest BCUT2D eigenvalue weighted by Gasteiger charge is 2.03. The average molecular weight is 255 g/mol. The molecule has 1 N–H and O–H groups in total. The number of methoxy groups -OCH3 is 1. The second kappa shape index (κ2) is 4.70. The van der Waals surface area contributed by atoms with Crippen molar-refractivity contribution in [1.29, 1.82) is 0 Å². The van der Waals surface area contributed by atoms with Gasteiger partial charge in [0.25, 0.3) is 0 Å². The Balaban J connectivity index is 1.91. The van der Waals surface area contributed by atoms with Gasteiger partial charge in [0.15, 0.2) is 0 Å². The lowest BCUT2D eigenvalue weighted by molar-refractivity contribution is 0.415. The van der Waals surface area contributed by atoms with E-state index in [2.05, 4.69) is 35.0 Å². The standard InChI is InChI=1S/C15H13NOS/c1-17-12-8-6-11(7-9-12)16-14-10-18-15-5-3-2-4-13(14)15/h2-10,16H,1H3. The molecule has 0 aliphatic heterocycles. The van der Waals surface area contributed by atoms with Crippen LogP contribution in [0.15, 0.2) is 53.9 Å². The molecule has 0 radical (unpaired) electrons. The van der Waals surface area contributed by atoms with Gasteiger partial charge in [-0.3, -0.25) is 0 Å². The molecule has 1 heterocycles. The van der Waals surface area contributed by atoms with E-state index in [0.717, 1.165) is 17.1 Å². The highest BCUT2D eigenvalue weighted by atomic mass is 32.1. The van der Waals surface area contributed by atoms with Gasteiger partial charge in [-0.25, -0.2) is 0 Å². The number of anilines is 2. The van der Waals surface area contributed by atoms with Crippen LogP contribution < -0.4 is 10.1 Å². The van der Waals surface area contributed by atoms with E-state index in [4.69, 9.17) is 4.74 Å². The molecule has 0 saturated heterocycles. The molecule has 90 valence electrons. The summed E-state index contributed by atoms with van der Waals surface area (Å²) in [5.41, 5.74) is 2.22. The van der Waals surface area contributed by atoms with Crippen molar-refractivity contribution in [3.63, 3.8) is 0 Å². The fourth-order valence-electron chi connectivity index (χ4n) is 1.90. The first-order valence-electron chi connectivity index (χ1n) is 5.74. The normalized spacial score (nSPS) is 10.5. The maximum absolute atomic E-state index is 5.15. The Morgan fingerprint density at radius 1 is 1.00 bits per heavy atom. The van der Waals surface area contributed by atoms with E-state index in [-0.39, 0.29) is 0 Å². The van der Waals surface area contributed by atoms with Crippen molar-refractivity contribution in [2.45, 2.75) is 0 Å². The van der Waals surface area contributed by atoms with Crippen LogP contribution in [-0.2, 0) is 0 Å². The molecule has 0 saturated carbocycles. The Labute approximate surface area is 110 Å². The highest BCUT2D eigenvalue weighted by Crippen LogP contribution is 2.32. The van der Waals surface area contributed by atoms with E-state index in [0.29, 0.717) is 0 Å². The predicted molar refractivity (Wildman–Crippen MR) is 78.1 cm³/mol. The third-order valence-corrected chi connectivity index (χ3v) is 3.81. The minimum Gasteiger partial charge on any atom is -0.497 e. The van der Waals surface area contributed by atoms with Gasteiger partial charge in [-0.15, -0.1) is 11.3 Å². The van der Waals surface area contributed by atoms with Crippen LogP contribution in [0.1, 0.15) is 0 Å². The summed E-state index contributed by atoms with van der Waals surface area (Å²) < 4.78 is 6.45. The van der Waals surface area contributed by atoms with Gasteiger partial charge in [-0.2, -0.15) is 0 Å². The van der Waals surface area contributed by atoms with Crippen LogP contribution in [0, 0.1) is 0 Å². The van der Waals surface area contributed by atoms with Crippen LogP contribution in [0.25, 0.3) is 10.1 Å². The highest BCUT2D eigenvalue weighted by molar-refractivity contribution is 7.17. The number of fused-ring (bicyclic) bond motifs is 1. The van der Waals surface area contributed by atoms with Crippen LogP contribution in [0.2, 0.25) is 0 Å². The van der Waals surface area contributed by atoms with Gasteiger partial charge in [-0.05, 0) is 30.3 Å². The summed E-state index contributed by atoms with van der Waals surface area (Å²) in [7, 11) is 1.68. The lowest BCUT2D eigenvalue weighted by atomic mass is 10.2. The fourth-order valence-corrected chi connectivity index (χ4v) is 2.80. The summed E-state index contributed by atoms with van der Waals surface area (Å²) in [5.74, 6) is 0.871. The van der Waals surface area contributed by atoms with Crippen LogP contribution in [0.5, 0.6) is 5.75 Å². The molecule has 0 amide bonds. The Kier molecular flexibility index (Phi) is 2.90. The molecule has 2 aromatic carbocycles. The molecule has 1 aromatic heterocycles. The summed E-state index contributed by atoms with van der Waals surface area (Å²) in [6, 6.07) is 16.4. The molecule has 2 nitrogen and oxygen atoms in total. The summed E-state index contributed by atoms with van der Waals surface area (Å²) in [6.45, 7) is 0. The Bertz CT molecular complexity index is 658. The summed E-state index contributed by atoms with van der Waals surface area (Å²) >= 11 is 1.75. The molecule has 3 rings (SSSR count). The molecule has 0 unspecified atom stereocenters. The van der Waals surface area contributed by atoms with Crippen molar-refractivity contribution >= 4 is 32.8 Å². The first-order valence-corrected chi connectivity index (χ1v) is 6.62. The minimum atomic E-state index is 0.871. The zero-order valence-electron chi connectivity index (χ0n) is 10.0. The Morgan fingerprint density at radius 3 is 2.56 bits per heavy atom. The summed E-state index contributed by atoms with van der Waals surface area (Å²) in [5, 5.41) is 6.84. The molecule has 3 heteroatoms. The maximum Gasteiger partial charge on any atom is 0.119 e. The van der Waals surface area contributed by atoms with Gasteiger partial charge < -0.3 is 10.1 Å². The quantitative estimate of drug-likeness (QED) is 0.735. The average Bonchev–Trinajstić information content (AvgIpc) is 2.83. The van der Waals surface area contributed by atoms with Crippen molar-refractivity contribution in [3.8, 4) is 5.75 Å². The summed E-state index contributed by atoms with van der Waals surface area (Å²) in [4.78, 5) is 0. The van der Waals surface area contributed by atoms with E-state index < -0.39 is 0 Å². The number of ether oxygens (including phenoxy) is 1. The predicted octanol–water partition coefficient (Wildman–Crippen LogP) is 4.65. The Hall–Kier alpha value is -2.00. The molecule has 0 spiro atoms. The fraction of sp³-hybridized carbons (Fsp3) is 0.0667. The molecule has 0 atom stereocenters. The van der Waals surface area contributed by atoms with Crippen molar-refractivity contribution in [2.24, 2.45) is 0 Å². The third kappa shape index (κ3) is 2.05. The monoisotopic (exact) mass is 255 g/mol. The SMILES string of the molecule is COc1ccc(Nc2csc3ccccc23)cc1. The minimum absolute atomic E-state index is 0.871. The molecule has 18 heavy (non-hydrogen) atoms. The van der Waals surface area contributed by atoms with Crippen LogP contribution in [-0.4, -0.2) is 7.11 Å². The number of nitrogens with one attached hydrogen (secondary N) is 1. The smallest absolute Gasteiger partial charge is 0.119 e. The van der Waals surface area contributed by atoms with E-state index >= 15 is 0 Å². The Morgan fingerprint density at radius 2 is 1.78 bits per heavy atom. The number of hydrogen-bond donors (Lipinski definition) is 1. The second-order valence-corrected chi connectivity index (χ2v) is 4.91. The van der Waals surface area contributed by atoms with Crippen molar-refractivity contribution in [2.75, 3.05) is 12.4 Å². The molecular weight excluding hydrogens is 242 g/mol. The van der Waals surface area contributed by atoms with Gasteiger partial charge >= 0.3 is 0 Å². The molecular formula is C15H13NOS. The van der Waals surface area contributed by atoms with Crippen LogP contribution in [0.4, 0.5) is 11.4 Å². The lowest BCUT2D eigenvalue weighted by Gasteiger charge is -2.06. The number of hydrogen-bond acceptors (Lipinski definition) is 3. The first-order chi connectivity index (χ1) is 8.86. The molecule has 0 bridgehead atoms. The van der Waals surface area contributed by atoms with Gasteiger partial charge in [0.2, 0.25) is 0 Å². The molecule has 0 fully saturated rings. The zero-order chi connectivity index (χ0) is 12.4. The van der Waals surface area contributed by atoms with Gasteiger partial charge in [-0.1, -0.05) is 18.2 Å². The van der Waals surface area contributed by atoms with Crippen LogP contribution in [0.3, 0.4) is 0 Å². The molecule has 0 aliphatic carbocycles. The van der Waals surface area contributed by atoms with Crippen LogP contribution >= 0.6 is 11.3 Å². The van der Waals surface area contributed by atoms with Gasteiger partial charge in [0.05, 0.1) is 12.8 Å². The van der Waals surface area contributed by atoms with E-state index in [9.17, 15) is 0 Å².